The highest BCUT2D eigenvalue weighted by molar-refractivity contribution is 5.98. The summed E-state index contributed by atoms with van der Waals surface area (Å²) in [4.78, 5) is 24.1. The molecule has 0 aliphatic heterocycles. The fourth-order valence-electron chi connectivity index (χ4n) is 2.09. The number of carbonyl (C=O) groups is 2. The fraction of sp³-hybridized carbons (Fsp3) is 0.263. The van der Waals surface area contributed by atoms with Crippen molar-refractivity contribution in [1.82, 2.24) is 5.32 Å². The Labute approximate surface area is 142 Å². The molecular weight excluding hydrogens is 302 g/mol. The number of nitrogens with one attached hydrogen (secondary N) is 3. The molecule has 2 rings (SSSR count). The molecule has 0 saturated heterocycles. The lowest BCUT2D eigenvalue weighted by atomic mass is 10.1. The zero-order chi connectivity index (χ0) is 17.4. The van der Waals surface area contributed by atoms with E-state index < -0.39 is 0 Å². The van der Waals surface area contributed by atoms with Gasteiger partial charge in [0.25, 0.3) is 5.91 Å². The van der Waals surface area contributed by atoms with Gasteiger partial charge in [-0.3, -0.25) is 9.59 Å². The van der Waals surface area contributed by atoms with Gasteiger partial charge in [0, 0.05) is 23.0 Å². The van der Waals surface area contributed by atoms with Gasteiger partial charge in [-0.05, 0) is 43.7 Å². The van der Waals surface area contributed by atoms with Crippen LogP contribution in [-0.4, -0.2) is 24.4 Å². The first kappa shape index (κ1) is 17.5. The van der Waals surface area contributed by atoms with Crippen molar-refractivity contribution in [3.8, 4) is 0 Å². The maximum absolute atomic E-state index is 12.1. The lowest BCUT2D eigenvalue weighted by Crippen LogP contribution is -2.32. The maximum atomic E-state index is 12.1. The largest absolute Gasteiger partial charge is 0.376 e. The topological polar surface area (TPSA) is 70.2 Å². The molecule has 2 amide bonds. The predicted octanol–water partition coefficient (Wildman–Crippen LogP) is 3.27. The molecule has 0 bridgehead atoms. The molecule has 3 N–H and O–H groups in total. The summed E-state index contributed by atoms with van der Waals surface area (Å²) in [5.41, 5.74) is 2.02. The number of benzene rings is 2. The average Bonchev–Trinajstić information content (AvgIpc) is 2.61. The van der Waals surface area contributed by atoms with Gasteiger partial charge in [-0.2, -0.15) is 0 Å². The SMILES string of the molecule is CCC(C)NC(=O)c1cccc(NC(=O)CNc2ccccc2)c1. The molecule has 24 heavy (non-hydrogen) atoms. The van der Waals surface area contributed by atoms with Crippen LogP contribution < -0.4 is 16.0 Å². The Kier molecular flexibility index (Phi) is 6.37. The van der Waals surface area contributed by atoms with Gasteiger partial charge in [0.2, 0.25) is 5.91 Å². The second-order valence-corrected chi connectivity index (χ2v) is 5.63. The van der Waals surface area contributed by atoms with Gasteiger partial charge >= 0.3 is 0 Å². The van der Waals surface area contributed by atoms with E-state index in [-0.39, 0.29) is 24.4 Å². The van der Waals surface area contributed by atoms with Gasteiger partial charge in [-0.25, -0.2) is 0 Å². The van der Waals surface area contributed by atoms with Gasteiger partial charge in [0.15, 0.2) is 0 Å². The van der Waals surface area contributed by atoms with Crippen LogP contribution in [0.25, 0.3) is 0 Å². The van der Waals surface area contributed by atoms with Crippen molar-refractivity contribution in [2.24, 2.45) is 0 Å². The molecule has 1 unspecified atom stereocenters. The van der Waals surface area contributed by atoms with E-state index in [2.05, 4.69) is 16.0 Å². The molecule has 0 saturated carbocycles. The van der Waals surface area contributed by atoms with Gasteiger partial charge in [0.05, 0.1) is 6.54 Å². The second-order valence-electron chi connectivity index (χ2n) is 5.63. The number of para-hydroxylation sites is 1. The van der Waals surface area contributed by atoms with Crippen molar-refractivity contribution < 1.29 is 9.59 Å². The summed E-state index contributed by atoms with van der Waals surface area (Å²) in [5, 5.41) is 8.75. The third-order valence-electron chi connectivity index (χ3n) is 3.63. The van der Waals surface area contributed by atoms with Crippen LogP contribution in [0.15, 0.2) is 54.6 Å². The van der Waals surface area contributed by atoms with E-state index in [0.717, 1.165) is 12.1 Å². The van der Waals surface area contributed by atoms with E-state index in [1.807, 2.05) is 44.2 Å². The molecule has 0 fully saturated rings. The quantitative estimate of drug-likeness (QED) is 0.732. The van der Waals surface area contributed by atoms with Crippen LogP contribution in [0.4, 0.5) is 11.4 Å². The smallest absolute Gasteiger partial charge is 0.251 e. The first-order valence-corrected chi connectivity index (χ1v) is 8.08. The Balaban J connectivity index is 1.91. The van der Waals surface area contributed by atoms with Crippen molar-refractivity contribution in [2.75, 3.05) is 17.2 Å². The summed E-state index contributed by atoms with van der Waals surface area (Å²) in [6.07, 6.45) is 0.868. The fourth-order valence-corrected chi connectivity index (χ4v) is 2.09. The summed E-state index contributed by atoms with van der Waals surface area (Å²) in [6.45, 7) is 4.13. The molecule has 126 valence electrons. The zero-order valence-corrected chi connectivity index (χ0v) is 14.0. The molecule has 0 aliphatic carbocycles. The molecule has 0 heterocycles. The van der Waals surface area contributed by atoms with E-state index in [9.17, 15) is 9.59 Å². The summed E-state index contributed by atoms with van der Waals surface area (Å²) in [6, 6.07) is 16.6. The molecule has 0 radical (unpaired) electrons. The van der Waals surface area contributed by atoms with Crippen LogP contribution in [0.2, 0.25) is 0 Å². The number of hydrogen-bond donors (Lipinski definition) is 3. The molecule has 2 aromatic rings. The minimum atomic E-state index is -0.168. The Morgan fingerprint density at radius 1 is 1.00 bits per heavy atom. The highest BCUT2D eigenvalue weighted by Gasteiger charge is 2.10. The molecule has 5 nitrogen and oxygen atoms in total. The van der Waals surface area contributed by atoms with Crippen LogP contribution >= 0.6 is 0 Å². The monoisotopic (exact) mass is 325 g/mol. The number of anilines is 2. The van der Waals surface area contributed by atoms with Gasteiger partial charge in [-0.15, -0.1) is 0 Å². The first-order valence-electron chi connectivity index (χ1n) is 8.08. The summed E-state index contributed by atoms with van der Waals surface area (Å²) in [7, 11) is 0. The van der Waals surface area contributed by atoms with Crippen LogP contribution in [-0.2, 0) is 4.79 Å². The molecule has 0 aromatic heterocycles. The van der Waals surface area contributed by atoms with Gasteiger partial charge in [0.1, 0.15) is 0 Å². The lowest BCUT2D eigenvalue weighted by molar-refractivity contribution is -0.114. The predicted molar refractivity (Wildman–Crippen MR) is 97.2 cm³/mol. The minimum Gasteiger partial charge on any atom is -0.376 e. The van der Waals surface area contributed by atoms with Gasteiger partial charge < -0.3 is 16.0 Å². The molecule has 5 heteroatoms. The van der Waals surface area contributed by atoms with Crippen LogP contribution in [0, 0.1) is 0 Å². The lowest BCUT2D eigenvalue weighted by Gasteiger charge is -2.12. The normalized spacial score (nSPS) is 11.4. The van der Waals surface area contributed by atoms with Crippen molar-refractivity contribution >= 4 is 23.2 Å². The van der Waals surface area contributed by atoms with Crippen LogP contribution in [0.3, 0.4) is 0 Å². The highest BCUT2D eigenvalue weighted by Crippen LogP contribution is 2.11. The number of amides is 2. The minimum absolute atomic E-state index is 0.116. The van der Waals surface area contributed by atoms with Gasteiger partial charge in [-0.1, -0.05) is 31.2 Å². The number of rotatable bonds is 7. The van der Waals surface area contributed by atoms with Crippen LogP contribution in [0.5, 0.6) is 0 Å². The third-order valence-corrected chi connectivity index (χ3v) is 3.63. The maximum Gasteiger partial charge on any atom is 0.251 e. The number of hydrogen-bond acceptors (Lipinski definition) is 3. The summed E-state index contributed by atoms with van der Waals surface area (Å²) in [5.74, 6) is -0.304. The first-order chi connectivity index (χ1) is 11.6. The molecule has 0 spiro atoms. The summed E-state index contributed by atoms with van der Waals surface area (Å²) < 4.78 is 0. The Bertz CT molecular complexity index is 686. The van der Waals surface area contributed by atoms with E-state index in [1.165, 1.54) is 0 Å². The molecule has 1 atom stereocenters. The van der Waals surface area contributed by atoms with Crippen molar-refractivity contribution in [3.63, 3.8) is 0 Å². The van der Waals surface area contributed by atoms with Crippen molar-refractivity contribution in [2.45, 2.75) is 26.3 Å². The summed E-state index contributed by atoms with van der Waals surface area (Å²) >= 11 is 0. The van der Waals surface area contributed by atoms with Crippen molar-refractivity contribution in [3.05, 3.63) is 60.2 Å². The van der Waals surface area contributed by atoms with Crippen LogP contribution in [0.1, 0.15) is 30.6 Å². The molecule has 0 aliphatic rings. The Morgan fingerprint density at radius 2 is 1.71 bits per heavy atom. The Morgan fingerprint density at radius 3 is 2.42 bits per heavy atom. The second kappa shape index (κ2) is 8.72. The third kappa shape index (κ3) is 5.43. The number of carbonyl (C=O) groups excluding carboxylic acids is 2. The van der Waals surface area contributed by atoms with E-state index >= 15 is 0 Å². The van der Waals surface area contributed by atoms with Crippen molar-refractivity contribution in [1.29, 1.82) is 0 Å². The average molecular weight is 325 g/mol. The van der Waals surface area contributed by atoms with E-state index in [0.29, 0.717) is 11.3 Å². The highest BCUT2D eigenvalue weighted by atomic mass is 16.2. The van der Waals surface area contributed by atoms with E-state index in [1.54, 1.807) is 24.3 Å². The zero-order valence-electron chi connectivity index (χ0n) is 14.0. The van der Waals surface area contributed by atoms with E-state index in [4.69, 9.17) is 0 Å². The standard InChI is InChI=1S/C19H23N3O2/c1-3-14(2)21-19(24)15-8-7-11-17(12-15)22-18(23)13-20-16-9-5-4-6-10-16/h4-12,14,20H,3,13H2,1-2H3,(H,21,24)(H,22,23). The molecule has 2 aromatic carbocycles. The molecular formula is C19H23N3O2. The Hall–Kier alpha value is -2.82.